The van der Waals surface area contributed by atoms with Gasteiger partial charge in [-0.05, 0) is 5.56 Å². The number of esters is 3. The fraction of sp³-hybridized carbons (Fsp3) is 0.235. The Hall–Kier alpha value is -2.89. The first-order chi connectivity index (χ1) is 11.1. The summed E-state index contributed by atoms with van der Waals surface area (Å²) in [6, 6.07) is 9.51. The summed E-state index contributed by atoms with van der Waals surface area (Å²) in [5.74, 6) is -2.26. The summed E-state index contributed by atoms with van der Waals surface area (Å²) in [6.07, 6.45) is 4.35. The SMILES string of the molecule is COC(=O)C[C@H](OC(=O)/C=C/C=C/c1ccccc1)C(=O)OC. The molecule has 23 heavy (non-hydrogen) atoms. The summed E-state index contributed by atoms with van der Waals surface area (Å²) in [6.45, 7) is 0. The largest absolute Gasteiger partial charge is 0.469 e. The van der Waals surface area contributed by atoms with Gasteiger partial charge in [0, 0.05) is 6.08 Å². The van der Waals surface area contributed by atoms with Crippen molar-refractivity contribution in [2.45, 2.75) is 12.5 Å². The summed E-state index contributed by atoms with van der Waals surface area (Å²) in [5, 5.41) is 0. The zero-order valence-electron chi connectivity index (χ0n) is 12.9. The smallest absolute Gasteiger partial charge is 0.347 e. The van der Waals surface area contributed by atoms with E-state index in [1.165, 1.54) is 13.2 Å². The average molecular weight is 318 g/mol. The third-order valence-electron chi connectivity index (χ3n) is 2.73. The predicted octanol–water partition coefficient (Wildman–Crippen LogP) is 1.90. The number of allylic oxidation sites excluding steroid dienone is 2. The monoisotopic (exact) mass is 318 g/mol. The van der Waals surface area contributed by atoms with Crippen molar-refractivity contribution in [3.05, 3.63) is 54.1 Å². The quantitative estimate of drug-likeness (QED) is 0.331. The van der Waals surface area contributed by atoms with E-state index in [2.05, 4.69) is 9.47 Å². The Labute approximate surface area is 134 Å². The van der Waals surface area contributed by atoms with E-state index in [1.807, 2.05) is 30.3 Å². The molecule has 0 saturated carbocycles. The Morgan fingerprint density at radius 2 is 1.74 bits per heavy atom. The zero-order valence-corrected chi connectivity index (χ0v) is 12.9. The van der Waals surface area contributed by atoms with Gasteiger partial charge in [0.15, 0.2) is 0 Å². The van der Waals surface area contributed by atoms with Gasteiger partial charge >= 0.3 is 17.9 Å². The van der Waals surface area contributed by atoms with Gasteiger partial charge in [-0.2, -0.15) is 0 Å². The van der Waals surface area contributed by atoms with Gasteiger partial charge in [-0.25, -0.2) is 9.59 Å². The first-order valence-corrected chi connectivity index (χ1v) is 6.82. The second-order valence-electron chi connectivity index (χ2n) is 4.36. The Kier molecular flexibility index (Phi) is 7.85. The predicted molar refractivity (Wildman–Crippen MR) is 83.1 cm³/mol. The molecule has 1 aromatic carbocycles. The lowest BCUT2D eigenvalue weighted by atomic mass is 10.2. The molecule has 1 rings (SSSR count). The molecule has 0 aliphatic carbocycles. The maximum absolute atomic E-state index is 11.7. The standard InChI is InChI=1S/C17H18O6/c1-21-16(19)12-14(17(20)22-2)23-15(18)11-7-6-10-13-8-4-3-5-9-13/h3-11,14H,12H2,1-2H3/b10-6+,11-7+/t14-/m0/s1. The number of ether oxygens (including phenoxy) is 3. The molecule has 0 aliphatic heterocycles. The molecular weight excluding hydrogens is 300 g/mol. The number of methoxy groups -OCH3 is 2. The van der Waals surface area contributed by atoms with Crippen LogP contribution in [-0.2, 0) is 28.6 Å². The van der Waals surface area contributed by atoms with Crippen molar-refractivity contribution >= 4 is 24.0 Å². The molecule has 6 nitrogen and oxygen atoms in total. The van der Waals surface area contributed by atoms with E-state index in [-0.39, 0.29) is 0 Å². The minimum atomic E-state index is -1.33. The van der Waals surface area contributed by atoms with Crippen LogP contribution in [0.1, 0.15) is 12.0 Å². The van der Waals surface area contributed by atoms with Crippen LogP contribution in [-0.4, -0.2) is 38.2 Å². The topological polar surface area (TPSA) is 78.9 Å². The van der Waals surface area contributed by atoms with Crippen molar-refractivity contribution in [3.63, 3.8) is 0 Å². The van der Waals surface area contributed by atoms with Gasteiger partial charge in [0.1, 0.15) is 0 Å². The Morgan fingerprint density at radius 1 is 1.04 bits per heavy atom. The second-order valence-corrected chi connectivity index (χ2v) is 4.36. The first-order valence-electron chi connectivity index (χ1n) is 6.82. The lowest BCUT2D eigenvalue weighted by molar-refractivity contribution is -0.167. The van der Waals surface area contributed by atoms with E-state index in [0.29, 0.717) is 0 Å². The molecule has 122 valence electrons. The molecule has 0 spiro atoms. The van der Waals surface area contributed by atoms with E-state index in [9.17, 15) is 14.4 Å². The molecule has 0 fully saturated rings. The number of benzene rings is 1. The van der Waals surface area contributed by atoms with E-state index in [4.69, 9.17) is 4.74 Å². The highest BCUT2D eigenvalue weighted by Crippen LogP contribution is 2.05. The lowest BCUT2D eigenvalue weighted by Gasteiger charge is -2.13. The van der Waals surface area contributed by atoms with Crippen LogP contribution < -0.4 is 0 Å². The molecule has 0 heterocycles. The number of hydrogen-bond acceptors (Lipinski definition) is 6. The van der Waals surface area contributed by atoms with Crippen LogP contribution in [0.2, 0.25) is 0 Å². The maximum atomic E-state index is 11.7. The van der Waals surface area contributed by atoms with Crippen LogP contribution in [0, 0.1) is 0 Å². The van der Waals surface area contributed by atoms with E-state index in [0.717, 1.165) is 18.7 Å². The minimum Gasteiger partial charge on any atom is -0.469 e. The van der Waals surface area contributed by atoms with Gasteiger partial charge in [-0.3, -0.25) is 4.79 Å². The van der Waals surface area contributed by atoms with Gasteiger partial charge in [-0.15, -0.1) is 0 Å². The van der Waals surface area contributed by atoms with Crippen LogP contribution in [0.3, 0.4) is 0 Å². The van der Waals surface area contributed by atoms with Gasteiger partial charge < -0.3 is 14.2 Å². The van der Waals surface area contributed by atoms with Crippen molar-refractivity contribution in [2.75, 3.05) is 14.2 Å². The summed E-state index contributed by atoms with van der Waals surface area (Å²) < 4.78 is 13.8. The molecule has 0 saturated heterocycles. The molecular formula is C17H18O6. The fourth-order valence-electron chi connectivity index (χ4n) is 1.58. The fourth-order valence-corrected chi connectivity index (χ4v) is 1.58. The van der Waals surface area contributed by atoms with Crippen LogP contribution in [0.25, 0.3) is 6.08 Å². The molecule has 0 amide bonds. The van der Waals surface area contributed by atoms with Crippen molar-refractivity contribution in [1.82, 2.24) is 0 Å². The first kappa shape index (κ1) is 18.2. The van der Waals surface area contributed by atoms with Crippen LogP contribution in [0.4, 0.5) is 0 Å². The van der Waals surface area contributed by atoms with Crippen molar-refractivity contribution in [2.24, 2.45) is 0 Å². The highest BCUT2D eigenvalue weighted by atomic mass is 16.6. The average Bonchev–Trinajstić information content (AvgIpc) is 2.58. The van der Waals surface area contributed by atoms with Crippen LogP contribution in [0.5, 0.6) is 0 Å². The normalized spacial score (nSPS) is 12.1. The van der Waals surface area contributed by atoms with E-state index in [1.54, 1.807) is 12.2 Å². The Balaban J connectivity index is 2.57. The number of carbonyl (C=O) groups excluding carboxylic acids is 3. The molecule has 0 unspecified atom stereocenters. The maximum Gasteiger partial charge on any atom is 0.347 e. The number of carbonyl (C=O) groups is 3. The summed E-state index contributed by atoms with van der Waals surface area (Å²) in [4.78, 5) is 34.3. The molecule has 0 aromatic heterocycles. The van der Waals surface area contributed by atoms with E-state index < -0.39 is 30.4 Å². The Morgan fingerprint density at radius 3 is 2.35 bits per heavy atom. The highest BCUT2D eigenvalue weighted by molar-refractivity contribution is 5.88. The zero-order chi connectivity index (χ0) is 17.1. The molecule has 6 heteroatoms. The molecule has 0 bridgehead atoms. The third-order valence-corrected chi connectivity index (χ3v) is 2.73. The third kappa shape index (κ3) is 7.08. The lowest BCUT2D eigenvalue weighted by Crippen LogP contribution is -2.30. The number of rotatable bonds is 7. The molecule has 0 aliphatic rings. The summed E-state index contributed by atoms with van der Waals surface area (Å²) in [5.41, 5.74) is 0.976. The van der Waals surface area contributed by atoms with Gasteiger partial charge in [0.25, 0.3) is 0 Å². The summed E-state index contributed by atoms with van der Waals surface area (Å²) in [7, 11) is 2.31. The minimum absolute atomic E-state index is 0.400. The summed E-state index contributed by atoms with van der Waals surface area (Å²) >= 11 is 0. The highest BCUT2D eigenvalue weighted by Gasteiger charge is 2.26. The van der Waals surface area contributed by atoms with Crippen LogP contribution in [0.15, 0.2) is 48.6 Å². The molecule has 0 radical (unpaired) electrons. The van der Waals surface area contributed by atoms with Crippen molar-refractivity contribution in [1.29, 1.82) is 0 Å². The Bertz CT molecular complexity index is 588. The molecule has 1 aromatic rings. The van der Waals surface area contributed by atoms with E-state index >= 15 is 0 Å². The van der Waals surface area contributed by atoms with Gasteiger partial charge in [-0.1, -0.05) is 48.6 Å². The molecule has 0 N–H and O–H groups in total. The van der Waals surface area contributed by atoms with Gasteiger partial charge in [0.05, 0.1) is 20.6 Å². The van der Waals surface area contributed by atoms with Crippen LogP contribution >= 0.6 is 0 Å². The van der Waals surface area contributed by atoms with Gasteiger partial charge in [0.2, 0.25) is 6.10 Å². The van der Waals surface area contributed by atoms with Crippen molar-refractivity contribution in [3.8, 4) is 0 Å². The number of hydrogen-bond donors (Lipinski definition) is 0. The second kappa shape index (κ2) is 9.94. The van der Waals surface area contributed by atoms with Crippen molar-refractivity contribution < 1.29 is 28.6 Å². The molecule has 1 atom stereocenters.